The van der Waals surface area contributed by atoms with Crippen LogP contribution in [0.4, 0.5) is 4.39 Å². The first kappa shape index (κ1) is 14.7. The molecule has 3 nitrogen and oxygen atoms in total. The monoisotopic (exact) mass is 275 g/mol. The molecule has 1 heterocycles. The summed E-state index contributed by atoms with van der Waals surface area (Å²) in [5.41, 5.74) is 1.68. The lowest BCUT2D eigenvalue weighted by Gasteiger charge is -2.08. The van der Waals surface area contributed by atoms with Gasteiger partial charge in [0.2, 0.25) is 0 Å². The van der Waals surface area contributed by atoms with Gasteiger partial charge in [-0.1, -0.05) is 26.0 Å². The van der Waals surface area contributed by atoms with Crippen molar-refractivity contribution in [3.05, 3.63) is 53.4 Å². The number of benzene rings is 1. The molecule has 0 atom stereocenters. The molecule has 108 valence electrons. The van der Waals surface area contributed by atoms with Crippen molar-refractivity contribution in [1.82, 2.24) is 14.9 Å². The zero-order valence-corrected chi connectivity index (χ0v) is 12.2. The smallest absolute Gasteiger partial charge is 0.127 e. The lowest BCUT2D eigenvalue weighted by Crippen LogP contribution is -2.13. The number of nitrogens with zero attached hydrogens (tertiary/aromatic N) is 2. The Morgan fingerprint density at radius 2 is 2.15 bits per heavy atom. The van der Waals surface area contributed by atoms with Gasteiger partial charge < -0.3 is 9.88 Å². The zero-order valence-electron chi connectivity index (χ0n) is 12.2. The van der Waals surface area contributed by atoms with E-state index in [1.165, 1.54) is 0 Å². The number of nitrogens with one attached hydrogen (secondary N) is 1. The summed E-state index contributed by atoms with van der Waals surface area (Å²) in [7, 11) is 0. The minimum Gasteiger partial charge on any atom is -0.335 e. The van der Waals surface area contributed by atoms with E-state index in [9.17, 15) is 4.39 Å². The Kier molecular flexibility index (Phi) is 5.30. The predicted octanol–water partition coefficient (Wildman–Crippen LogP) is 3.13. The van der Waals surface area contributed by atoms with Crippen LogP contribution in [0.15, 0.2) is 30.6 Å². The fraction of sp³-hybridized carbons (Fsp3) is 0.438. The van der Waals surface area contributed by atoms with E-state index < -0.39 is 0 Å². The van der Waals surface area contributed by atoms with Gasteiger partial charge in [0.25, 0.3) is 0 Å². The van der Waals surface area contributed by atoms with Gasteiger partial charge >= 0.3 is 0 Å². The van der Waals surface area contributed by atoms with Gasteiger partial charge in [0.15, 0.2) is 0 Å². The third-order valence-corrected chi connectivity index (χ3v) is 3.31. The first-order chi connectivity index (χ1) is 9.74. The molecule has 0 saturated carbocycles. The van der Waals surface area contributed by atoms with Crippen LogP contribution in [0, 0.1) is 5.82 Å². The molecule has 0 saturated heterocycles. The van der Waals surface area contributed by atoms with Gasteiger partial charge in [0.1, 0.15) is 11.6 Å². The molecule has 4 heteroatoms. The Bertz CT molecular complexity index is 548. The van der Waals surface area contributed by atoms with E-state index >= 15 is 0 Å². The van der Waals surface area contributed by atoms with Crippen molar-refractivity contribution in [3.63, 3.8) is 0 Å². The predicted molar refractivity (Wildman–Crippen MR) is 79.1 cm³/mol. The Morgan fingerprint density at radius 3 is 2.85 bits per heavy atom. The molecular formula is C16H22FN3. The van der Waals surface area contributed by atoms with Crippen molar-refractivity contribution in [2.45, 2.75) is 39.8 Å². The molecule has 0 bridgehead atoms. The van der Waals surface area contributed by atoms with Crippen molar-refractivity contribution in [3.8, 4) is 0 Å². The van der Waals surface area contributed by atoms with E-state index in [1.807, 2.05) is 25.3 Å². The fourth-order valence-electron chi connectivity index (χ4n) is 2.24. The summed E-state index contributed by atoms with van der Waals surface area (Å²) in [5, 5.41) is 3.14. The molecule has 1 aromatic carbocycles. The molecule has 0 radical (unpaired) electrons. The summed E-state index contributed by atoms with van der Waals surface area (Å²) in [6, 6.07) is 5.47. The lowest BCUT2D eigenvalue weighted by molar-refractivity contribution is 0.590. The SMILES string of the molecule is CCCn1ccnc1Cc1ccc(CNCC)c(F)c1. The van der Waals surface area contributed by atoms with E-state index in [-0.39, 0.29) is 5.82 Å². The number of hydrogen-bond donors (Lipinski definition) is 1. The second kappa shape index (κ2) is 7.20. The van der Waals surface area contributed by atoms with Crippen molar-refractivity contribution in [2.24, 2.45) is 0 Å². The summed E-state index contributed by atoms with van der Waals surface area (Å²) in [6.07, 6.45) is 5.53. The minimum atomic E-state index is -0.142. The maximum atomic E-state index is 14.0. The van der Waals surface area contributed by atoms with E-state index in [0.29, 0.717) is 18.5 Å². The molecule has 2 aromatic rings. The van der Waals surface area contributed by atoms with E-state index in [4.69, 9.17) is 0 Å². The highest BCUT2D eigenvalue weighted by atomic mass is 19.1. The number of aryl methyl sites for hydroxylation is 1. The maximum absolute atomic E-state index is 14.0. The van der Waals surface area contributed by atoms with Crippen molar-refractivity contribution < 1.29 is 4.39 Å². The highest BCUT2D eigenvalue weighted by Gasteiger charge is 2.07. The third-order valence-electron chi connectivity index (χ3n) is 3.31. The standard InChI is InChI=1S/C16H22FN3/c1-3-8-20-9-7-19-16(20)11-13-5-6-14(12-18-4-2)15(17)10-13/h5-7,9-10,18H,3-4,8,11-12H2,1-2H3. The highest BCUT2D eigenvalue weighted by Crippen LogP contribution is 2.14. The number of imidazole rings is 1. The molecule has 2 rings (SSSR count). The zero-order chi connectivity index (χ0) is 14.4. The van der Waals surface area contributed by atoms with Crippen LogP contribution in [0.1, 0.15) is 37.2 Å². The third kappa shape index (κ3) is 3.67. The summed E-state index contributed by atoms with van der Waals surface area (Å²) in [4.78, 5) is 4.36. The normalized spacial score (nSPS) is 10.9. The summed E-state index contributed by atoms with van der Waals surface area (Å²) in [5.74, 6) is 0.850. The largest absolute Gasteiger partial charge is 0.335 e. The lowest BCUT2D eigenvalue weighted by atomic mass is 10.1. The topological polar surface area (TPSA) is 29.9 Å². The number of halogens is 1. The molecule has 0 unspecified atom stereocenters. The summed E-state index contributed by atoms with van der Waals surface area (Å²) < 4.78 is 16.1. The average Bonchev–Trinajstić information content (AvgIpc) is 2.86. The Labute approximate surface area is 119 Å². The summed E-state index contributed by atoms with van der Waals surface area (Å²) in [6.45, 7) is 6.53. The van der Waals surface area contributed by atoms with Crippen molar-refractivity contribution in [2.75, 3.05) is 6.54 Å². The second-order valence-electron chi connectivity index (χ2n) is 4.92. The van der Waals surface area contributed by atoms with Gasteiger partial charge in [-0.25, -0.2) is 9.37 Å². The van der Waals surface area contributed by atoms with Gasteiger partial charge in [-0.15, -0.1) is 0 Å². The van der Waals surface area contributed by atoms with Gasteiger partial charge in [-0.2, -0.15) is 0 Å². The van der Waals surface area contributed by atoms with Crippen molar-refractivity contribution in [1.29, 1.82) is 0 Å². The minimum absolute atomic E-state index is 0.142. The van der Waals surface area contributed by atoms with Gasteiger partial charge in [-0.3, -0.25) is 0 Å². The fourth-order valence-corrected chi connectivity index (χ4v) is 2.24. The molecular weight excluding hydrogens is 253 g/mol. The van der Waals surface area contributed by atoms with E-state index in [1.54, 1.807) is 12.3 Å². The Morgan fingerprint density at radius 1 is 1.30 bits per heavy atom. The van der Waals surface area contributed by atoms with Crippen LogP contribution < -0.4 is 5.32 Å². The quantitative estimate of drug-likeness (QED) is 0.841. The Balaban J connectivity index is 2.09. The molecule has 1 aromatic heterocycles. The van der Waals surface area contributed by atoms with E-state index in [0.717, 1.165) is 30.9 Å². The first-order valence-electron chi connectivity index (χ1n) is 7.22. The molecule has 0 aliphatic rings. The van der Waals surface area contributed by atoms with Crippen LogP contribution in [0.25, 0.3) is 0 Å². The van der Waals surface area contributed by atoms with Gasteiger partial charge in [0, 0.05) is 37.5 Å². The average molecular weight is 275 g/mol. The molecule has 1 N–H and O–H groups in total. The van der Waals surface area contributed by atoms with E-state index in [2.05, 4.69) is 21.8 Å². The molecule has 20 heavy (non-hydrogen) atoms. The van der Waals surface area contributed by atoms with Crippen LogP contribution in [-0.2, 0) is 19.5 Å². The number of aromatic nitrogens is 2. The van der Waals surface area contributed by atoms with Crippen LogP contribution in [-0.4, -0.2) is 16.1 Å². The van der Waals surface area contributed by atoms with Crippen LogP contribution >= 0.6 is 0 Å². The van der Waals surface area contributed by atoms with Crippen LogP contribution in [0.2, 0.25) is 0 Å². The molecule has 0 amide bonds. The Hall–Kier alpha value is -1.68. The van der Waals surface area contributed by atoms with Crippen LogP contribution in [0.3, 0.4) is 0 Å². The first-order valence-corrected chi connectivity index (χ1v) is 7.22. The van der Waals surface area contributed by atoms with Crippen LogP contribution in [0.5, 0.6) is 0 Å². The van der Waals surface area contributed by atoms with Crippen molar-refractivity contribution >= 4 is 0 Å². The maximum Gasteiger partial charge on any atom is 0.127 e. The highest BCUT2D eigenvalue weighted by molar-refractivity contribution is 5.26. The molecule has 0 spiro atoms. The second-order valence-corrected chi connectivity index (χ2v) is 4.92. The molecule has 0 aliphatic heterocycles. The number of hydrogen-bond acceptors (Lipinski definition) is 2. The summed E-state index contributed by atoms with van der Waals surface area (Å²) >= 11 is 0. The molecule has 0 aliphatic carbocycles. The molecule has 0 fully saturated rings. The van der Waals surface area contributed by atoms with Gasteiger partial charge in [-0.05, 0) is 24.6 Å². The number of rotatable bonds is 7. The van der Waals surface area contributed by atoms with Gasteiger partial charge in [0.05, 0.1) is 0 Å².